The number of alkyl halides is 3. The molecule has 1 spiro atoms. The molecule has 4 rings (SSSR count). The van der Waals surface area contributed by atoms with E-state index in [4.69, 9.17) is 14.6 Å². The van der Waals surface area contributed by atoms with E-state index in [0.717, 1.165) is 24.1 Å². The fourth-order valence-corrected chi connectivity index (χ4v) is 4.39. The zero-order valence-corrected chi connectivity index (χ0v) is 18.2. The van der Waals surface area contributed by atoms with E-state index in [1.807, 2.05) is 28.5 Å². The molecule has 0 bridgehead atoms. The minimum atomic E-state index is -5.08. The van der Waals surface area contributed by atoms with Gasteiger partial charge in [-0.25, -0.2) is 4.79 Å². The van der Waals surface area contributed by atoms with Crippen molar-refractivity contribution in [2.45, 2.75) is 43.6 Å². The molecule has 1 unspecified atom stereocenters. The molecule has 2 aliphatic heterocycles. The average Bonchev–Trinajstić information content (AvgIpc) is 3.45. The van der Waals surface area contributed by atoms with Crippen LogP contribution in [0.1, 0.15) is 35.4 Å². The molecule has 8 nitrogen and oxygen atoms in total. The van der Waals surface area contributed by atoms with Gasteiger partial charge in [0.15, 0.2) is 0 Å². The number of nitrogens with one attached hydrogen (secondary N) is 1. The number of pyridine rings is 1. The molecule has 2 aromatic rings. The standard InChI is InChI=1S/C19H21N3O3S.C2HF3O2/c23-17(21-14-3-1-9-20-13-14)15-5-6-19(25-15)7-10-22(11-8-19)18(24)16-4-2-12-26-16;3-2(4,5)1(6)7/h1-4,9,12-13,15H,5-8,10-11H2,(H,21,23);(H,6,7). The highest BCUT2D eigenvalue weighted by Gasteiger charge is 2.45. The predicted molar refractivity (Wildman–Crippen MR) is 113 cm³/mol. The number of rotatable bonds is 3. The third-order valence-corrected chi connectivity index (χ3v) is 6.27. The van der Waals surface area contributed by atoms with E-state index in [9.17, 15) is 22.8 Å². The second kappa shape index (κ2) is 10.3. The van der Waals surface area contributed by atoms with E-state index in [-0.39, 0.29) is 17.4 Å². The monoisotopic (exact) mass is 485 g/mol. The Balaban J connectivity index is 0.000000383. The lowest BCUT2D eigenvalue weighted by molar-refractivity contribution is -0.192. The molecule has 2 aliphatic rings. The maximum atomic E-state index is 12.5. The first-order valence-corrected chi connectivity index (χ1v) is 11.0. The Morgan fingerprint density at radius 3 is 2.42 bits per heavy atom. The highest BCUT2D eigenvalue weighted by molar-refractivity contribution is 7.12. The summed E-state index contributed by atoms with van der Waals surface area (Å²) in [7, 11) is 0. The van der Waals surface area contributed by atoms with Gasteiger partial charge in [-0.1, -0.05) is 6.07 Å². The number of amides is 2. The number of nitrogens with zero attached hydrogens (tertiary/aromatic N) is 2. The van der Waals surface area contributed by atoms with Crippen molar-refractivity contribution in [1.29, 1.82) is 0 Å². The number of anilines is 1. The van der Waals surface area contributed by atoms with Crippen LogP contribution in [0.4, 0.5) is 18.9 Å². The normalized spacial score (nSPS) is 19.5. The van der Waals surface area contributed by atoms with Crippen LogP contribution in [0.15, 0.2) is 42.0 Å². The number of ether oxygens (including phenoxy) is 1. The Morgan fingerprint density at radius 2 is 1.88 bits per heavy atom. The van der Waals surface area contributed by atoms with Gasteiger partial charge in [0, 0.05) is 19.3 Å². The number of halogens is 3. The molecule has 1 atom stereocenters. The zero-order chi connectivity index (χ0) is 24.1. The van der Waals surface area contributed by atoms with Gasteiger partial charge >= 0.3 is 12.1 Å². The highest BCUT2D eigenvalue weighted by Crippen LogP contribution is 2.39. The van der Waals surface area contributed by atoms with Crippen molar-refractivity contribution < 1.29 is 37.4 Å². The summed E-state index contributed by atoms with van der Waals surface area (Å²) in [6, 6.07) is 7.36. The summed E-state index contributed by atoms with van der Waals surface area (Å²) in [6.07, 6.45) is 0.903. The first-order chi connectivity index (χ1) is 15.6. The summed E-state index contributed by atoms with van der Waals surface area (Å²) in [5, 5.41) is 11.9. The van der Waals surface area contributed by atoms with Gasteiger partial charge in [-0.3, -0.25) is 14.6 Å². The average molecular weight is 485 g/mol. The third kappa shape index (κ3) is 6.51. The van der Waals surface area contributed by atoms with Gasteiger partial charge in [-0.15, -0.1) is 11.3 Å². The molecular formula is C21H22F3N3O5S. The van der Waals surface area contributed by atoms with Crippen LogP contribution in [0, 0.1) is 0 Å². The van der Waals surface area contributed by atoms with Crippen molar-refractivity contribution >= 4 is 34.8 Å². The van der Waals surface area contributed by atoms with Crippen LogP contribution in [-0.4, -0.2) is 63.7 Å². The third-order valence-electron chi connectivity index (χ3n) is 5.41. The lowest BCUT2D eigenvalue weighted by Crippen LogP contribution is -2.47. The lowest BCUT2D eigenvalue weighted by Gasteiger charge is -2.38. The summed E-state index contributed by atoms with van der Waals surface area (Å²) < 4.78 is 37.9. The molecule has 0 saturated carbocycles. The van der Waals surface area contributed by atoms with Gasteiger partial charge in [0.1, 0.15) is 6.10 Å². The Kier molecular flexibility index (Phi) is 7.69. The summed E-state index contributed by atoms with van der Waals surface area (Å²) in [4.78, 5) is 40.5. The molecule has 4 heterocycles. The Labute approximate surface area is 191 Å². The van der Waals surface area contributed by atoms with Gasteiger partial charge < -0.3 is 20.1 Å². The van der Waals surface area contributed by atoms with Crippen LogP contribution in [0.3, 0.4) is 0 Å². The summed E-state index contributed by atoms with van der Waals surface area (Å²) >= 11 is 1.47. The van der Waals surface area contributed by atoms with Crippen LogP contribution in [-0.2, 0) is 14.3 Å². The number of carboxylic acid groups (broad SMARTS) is 1. The molecule has 33 heavy (non-hydrogen) atoms. The van der Waals surface area contributed by atoms with E-state index < -0.39 is 18.2 Å². The van der Waals surface area contributed by atoms with Gasteiger partial charge in [0.2, 0.25) is 0 Å². The molecule has 2 amide bonds. The van der Waals surface area contributed by atoms with Crippen molar-refractivity contribution in [2.24, 2.45) is 0 Å². The maximum Gasteiger partial charge on any atom is 0.490 e. The van der Waals surface area contributed by atoms with Crippen LogP contribution in [0.25, 0.3) is 0 Å². The second-order valence-corrected chi connectivity index (χ2v) is 8.58. The number of hydrogen-bond acceptors (Lipinski definition) is 6. The van der Waals surface area contributed by atoms with E-state index in [2.05, 4.69) is 10.3 Å². The summed E-state index contributed by atoms with van der Waals surface area (Å²) in [5.41, 5.74) is 0.404. The number of carboxylic acids is 1. The number of hydrogen-bond donors (Lipinski definition) is 2. The summed E-state index contributed by atoms with van der Waals surface area (Å²) in [6.45, 7) is 1.35. The highest BCUT2D eigenvalue weighted by atomic mass is 32.1. The largest absolute Gasteiger partial charge is 0.490 e. The van der Waals surface area contributed by atoms with E-state index >= 15 is 0 Å². The zero-order valence-electron chi connectivity index (χ0n) is 17.4. The number of thiophene rings is 1. The van der Waals surface area contributed by atoms with Crippen molar-refractivity contribution in [2.75, 3.05) is 18.4 Å². The Hall–Kier alpha value is -2.99. The van der Waals surface area contributed by atoms with Crippen LogP contribution in [0.5, 0.6) is 0 Å². The van der Waals surface area contributed by atoms with Gasteiger partial charge in [-0.05, 0) is 49.3 Å². The number of aliphatic carboxylic acids is 1. The molecule has 12 heteroatoms. The molecule has 0 aliphatic carbocycles. The number of piperidine rings is 1. The fraction of sp³-hybridized carbons (Fsp3) is 0.429. The fourth-order valence-electron chi connectivity index (χ4n) is 3.70. The van der Waals surface area contributed by atoms with Crippen LogP contribution in [0.2, 0.25) is 0 Å². The van der Waals surface area contributed by atoms with Crippen molar-refractivity contribution in [1.82, 2.24) is 9.88 Å². The first kappa shape index (κ1) is 24.6. The van der Waals surface area contributed by atoms with Crippen LogP contribution < -0.4 is 5.32 Å². The molecular weight excluding hydrogens is 463 g/mol. The van der Waals surface area contributed by atoms with Crippen molar-refractivity contribution in [3.8, 4) is 0 Å². The SMILES string of the molecule is O=C(Nc1cccnc1)C1CCC2(CCN(C(=O)c3cccs3)CC2)O1.O=C(O)C(F)(F)F. The molecule has 2 saturated heterocycles. The maximum absolute atomic E-state index is 12.5. The lowest BCUT2D eigenvalue weighted by atomic mass is 9.88. The Bertz CT molecular complexity index is 961. The first-order valence-electron chi connectivity index (χ1n) is 10.1. The number of carbonyl (C=O) groups excluding carboxylic acids is 2. The minimum Gasteiger partial charge on any atom is -0.475 e. The van der Waals surface area contributed by atoms with Gasteiger partial charge in [-0.2, -0.15) is 13.2 Å². The van der Waals surface area contributed by atoms with Gasteiger partial charge in [0.25, 0.3) is 11.8 Å². The number of likely N-dealkylation sites (tertiary alicyclic amines) is 1. The van der Waals surface area contributed by atoms with Crippen molar-refractivity contribution in [3.05, 3.63) is 46.9 Å². The molecule has 2 N–H and O–H groups in total. The molecule has 178 valence electrons. The molecule has 2 aromatic heterocycles. The number of carbonyl (C=O) groups is 3. The smallest absolute Gasteiger partial charge is 0.475 e. The Morgan fingerprint density at radius 1 is 1.18 bits per heavy atom. The van der Waals surface area contributed by atoms with Crippen LogP contribution >= 0.6 is 11.3 Å². The molecule has 0 radical (unpaired) electrons. The van der Waals surface area contributed by atoms with Crippen molar-refractivity contribution in [3.63, 3.8) is 0 Å². The van der Waals surface area contributed by atoms with Gasteiger partial charge in [0.05, 0.1) is 22.4 Å². The molecule has 0 aromatic carbocycles. The predicted octanol–water partition coefficient (Wildman–Crippen LogP) is 3.57. The van der Waals surface area contributed by atoms with E-state index in [1.165, 1.54) is 11.3 Å². The topological polar surface area (TPSA) is 109 Å². The van der Waals surface area contributed by atoms with E-state index in [1.54, 1.807) is 18.5 Å². The quantitative estimate of drug-likeness (QED) is 0.688. The summed E-state index contributed by atoms with van der Waals surface area (Å²) in [5.74, 6) is -2.78. The van der Waals surface area contributed by atoms with E-state index in [0.29, 0.717) is 25.2 Å². The number of aromatic nitrogens is 1. The minimum absolute atomic E-state index is 0.0960. The second-order valence-electron chi connectivity index (χ2n) is 7.63. The molecule has 2 fully saturated rings.